The summed E-state index contributed by atoms with van der Waals surface area (Å²) in [5.41, 5.74) is 15.2. The molecule has 0 bridgehead atoms. The van der Waals surface area contributed by atoms with Crippen molar-refractivity contribution in [2.45, 2.75) is 111 Å². The van der Waals surface area contributed by atoms with Crippen LogP contribution in [0.5, 0.6) is 0 Å². The minimum atomic E-state index is -1.77. The van der Waals surface area contributed by atoms with Crippen molar-refractivity contribution < 1.29 is 13.6 Å². The van der Waals surface area contributed by atoms with Crippen molar-refractivity contribution in [3.05, 3.63) is 120 Å². The third-order valence-corrected chi connectivity index (χ3v) is 14.5. The first kappa shape index (κ1) is 35.9. The first-order valence-corrected chi connectivity index (χ1v) is 23.9. The Hall–Kier alpha value is -4.74. The van der Waals surface area contributed by atoms with Gasteiger partial charge in [-0.2, -0.15) is 9.13 Å². The summed E-state index contributed by atoms with van der Waals surface area (Å²) in [4.78, 5) is 0. The molecular formula is C50H57N3OSi+2. The fourth-order valence-corrected chi connectivity index (χ4v) is 11.6. The fourth-order valence-electron chi connectivity index (χ4n) is 9.90. The summed E-state index contributed by atoms with van der Waals surface area (Å²) in [5, 5.41) is 3.89. The van der Waals surface area contributed by atoms with Gasteiger partial charge in [0.25, 0.3) is 5.82 Å². The van der Waals surface area contributed by atoms with Crippen molar-refractivity contribution in [2.75, 3.05) is 0 Å². The van der Waals surface area contributed by atoms with Crippen LogP contribution in [0.15, 0.2) is 102 Å². The highest BCUT2D eigenvalue weighted by Crippen LogP contribution is 2.48. The molecule has 0 amide bonds. The number of fused-ring (bicyclic) bond motifs is 15. The number of para-hydroxylation sites is 3. The lowest BCUT2D eigenvalue weighted by molar-refractivity contribution is -0.723. The van der Waals surface area contributed by atoms with Gasteiger partial charge < -0.3 is 4.42 Å². The van der Waals surface area contributed by atoms with E-state index in [1.807, 2.05) is 0 Å². The maximum absolute atomic E-state index is 6.90. The summed E-state index contributed by atoms with van der Waals surface area (Å²) < 4.78 is 14.6. The Morgan fingerprint density at radius 2 is 1.62 bits per heavy atom. The van der Waals surface area contributed by atoms with Gasteiger partial charge in [0.2, 0.25) is 11.7 Å². The molecule has 0 aliphatic carbocycles. The number of aryl methyl sites for hydroxylation is 2. The zero-order valence-electron chi connectivity index (χ0n) is 34.6. The molecule has 3 aromatic heterocycles. The van der Waals surface area contributed by atoms with E-state index in [2.05, 4.69) is 173 Å². The second kappa shape index (κ2) is 12.4. The first-order valence-electron chi connectivity index (χ1n) is 20.4. The Morgan fingerprint density at radius 1 is 0.873 bits per heavy atom. The number of pyridine rings is 1. The molecular weight excluding hydrogens is 687 g/mol. The van der Waals surface area contributed by atoms with Crippen LogP contribution in [0.2, 0.25) is 19.6 Å². The number of imidazole rings is 1. The van der Waals surface area contributed by atoms with Gasteiger partial charge in [0, 0.05) is 22.0 Å². The van der Waals surface area contributed by atoms with Crippen LogP contribution >= 0.6 is 0 Å². The molecule has 2 aliphatic rings. The van der Waals surface area contributed by atoms with E-state index in [-0.39, 0.29) is 22.8 Å². The smallest absolute Gasteiger partial charge is 0.299 e. The molecule has 4 nitrogen and oxygen atoms in total. The lowest BCUT2D eigenvalue weighted by atomic mass is 9.75. The number of rotatable bonds is 3. The van der Waals surface area contributed by atoms with Crippen LogP contribution in [0, 0.1) is 5.41 Å². The van der Waals surface area contributed by atoms with E-state index < -0.39 is 8.07 Å². The average Bonchev–Trinajstić information content (AvgIpc) is 3.67. The number of hydrogen-bond acceptors (Lipinski definition) is 1. The number of benzene rings is 4. The van der Waals surface area contributed by atoms with Crippen molar-refractivity contribution in [3.63, 3.8) is 0 Å². The summed E-state index contributed by atoms with van der Waals surface area (Å²) >= 11 is 0. The number of hydrogen-bond donors (Lipinski definition) is 0. The van der Waals surface area contributed by atoms with E-state index >= 15 is 0 Å². The molecule has 0 saturated heterocycles. The van der Waals surface area contributed by atoms with E-state index in [9.17, 15) is 0 Å². The van der Waals surface area contributed by atoms with Crippen molar-refractivity contribution in [2.24, 2.45) is 5.41 Å². The third kappa shape index (κ3) is 5.67. The predicted octanol–water partition coefficient (Wildman–Crippen LogP) is 11.7. The topological polar surface area (TPSA) is 25.8 Å². The molecule has 2 aliphatic heterocycles. The second-order valence-corrected chi connectivity index (χ2v) is 24.6. The van der Waals surface area contributed by atoms with Crippen molar-refractivity contribution in [1.82, 2.24) is 4.57 Å². The third-order valence-electron chi connectivity index (χ3n) is 12.4. The first-order chi connectivity index (χ1) is 26.0. The number of aromatic nitrogens is 3. The lowest BCUT2D eigenvalue weighted by Crippen LogP contribution is -2.57. The van der Waals surface area contributed by atoms with E-state index in [0.717, 1.165) is 48.1 Å². The molecule has 55 heavy (non-hydrogen) atoms. The van der Waals surface area contributed by atoms with Crippen LogP contribution in [-0.4, -0.2) is 12.6 Å². The van der Waals surface area contributed by atoms with Crippen LogP contribution < -0.4 is 14.3 Å². The molecule has 2 unspecified atom stereocenters. The van der Waals surface area contributed by atoms with Crippen LogP contribution in [-0.2, 0) is 24.8 Å². The largest absolute Gasteiger partial charge is 0.455 e. The summed E-state index contributed by atoms with van der Waals surface area (Å²) in [6.07, 6.45) is 5.58. The molecule has 4 aromatic carbocycles. The second-order valence-electron chi connectivity index (χ2n) is 19.6. The van der Waals surface area contributed by atoms with Gasteiger partial charge >= 0.3 is 0 Å². The standard InChI is InChI=1S/C50H57N3OSi/c1-12-51-40-18-14-15-19-41(40)53-31(2)46-37(24-21-32-22-25-38-36-17-13-16-20-43(36)54-47(38)45(32)48(51)53)35-26-23-34(50(6,7)8)28-39(35)42-27-33(29-49(3,4)5)44(30-52(42)46)55(9,10)11/h13-20,22-23,25-28,30,37,46H,2,12,21,24,29H2,1,3-11H3/q+2. The van der Waals surface area contributed by atoms with Gasteiger partial charge in [0.1, 0.15) is 11.1 Å². The van der Waals surface area contributed by atoms with Gasteiger partial charge in [0.15, 0.2) is 28.5 Å². The Bertz CT molecular complexity index is 2710. The van der Waals surface area contributed by atoms with E-state index in [1.54, 1.807) is 5.19 Å². The van der Waals surface area contributed by atoms with Gasteiger partial charge in [0.05, 0.1) is 26.1 Å². The number of nitrogens with zero attached hydrogens (tertiary/aromatic N) is 3. The minimum absolute atomic E-state index is 0.0158. The van der Waals surface area contributed by atoms with Gasteiger partial charge in [-0.3, -0.25) is 0 Å². The van der Waals surface area contributed by atoms with Gasteiger partial charge in [-0.05, 0) is 90.1 Å². The van der Waals surface area contributed by atoms with Crippen LogP contribution in [0.25, 0.3) is 61.3 Å². The van der Waals surface area contributed by atoms with E-state index in [0.29, 0.717) is 0 Å². The van der Waals surface area contributed by atoms with Crippen LogP contribution in [0.4, 0.5) is 0 Å². The average molecular weight is 744 g/mol. The molecule has 280 valence electrons. The Balaban J connectivity index is 1.40. The Kier molecular flexibility index (Phi) is 8.09. The summed E-state index contributed by atoms with van der Waals surface area (Å²) in [7, 11) is -1.77. The summed E-state index contributed by atoms with van der Waals surface area (Å²) in [6.45, 7) is 30.0. The number of allylic oxidation sites excluding steroid dienone is 1. The quantitative estimate of drug-likeness (QED) is 0.131. The molecule has 7 aromatic rings. The van der Waals surface area contributed by atoms with Crippen molar-refractivity contribution in [1.29, 1.82) is 0 Å². The molecule has 5 heteroatoms. The van der Waals surface area contributed by atoms with Crippen LogP contribution in [0.3, 0.4) is 0 Å². The Labute approximate surface area is 328 Å². The maximum atomic E-state index is 6.90. The molecule has 0 spiro atoms. The normalized spacial score (nSPS) is 17.3. The van der Waals surface area contributed by atoms with Gasteiger partial charge in [-0.25, -0.2) is 4.57 Å². The van der Waals surface area contributed by atoms with Gasteiger partial charge in [-0.1, -0.05) is 116 Å². The SMILES string of the molecule is C=C1C2C(CCc3ccc4c(oc5ccccc54)c3-c3n(CC)c4ccccc4[n+]31)c1ccc(C(C)(C)C)cc1-c1cc(CC(C)(C)C)c([Si](C)(C)C)c[n+]12. The predicted molar refractivity (Wildman–Crippen MR) is 233 cm³/mol. The lowest BCUT2D eigenvalue weighted by Gasteiger charge is -2.34. The van der Waals surface area contributed by atoms with Crippen LogP contribution in [0.1, 0.15) is 89.1 Å². The molecule has 0 saturated carbocycles. The van der Waals surface area contributed by atoms with E-state index in [1.165, 1.54) is 61.3 Å². The zero-order chi connectivity index (χ0) is 38.8. The summed E-state index contributed by atoms with van der Waals surface area (Å²) in [6, 6.07) is 32.1. The molecule has 9 rings (SSSR count). The molecule has 0 N–H and O–H groups in total. The zero-order valence-corrected chi connectivity index (χ0v) is 35.6. The molecule has 0 radical (unpaired) electrons. The highest BCUT2D eigenvalue weighted by Gasteiger charge is 2.48. The molecule has 0 fully saturated rings. The number of furan rings is 1. The highest BCUT2D eigenvalue weighted by atomic mass is 28.3. The summed E-state index contributed by atoms with van der Waals surface area (Å²) in [5.74, 6) is 1.39. The maximum Gasteiger partial charge on any atom is 0.299 e. The monoisotopic (exact) mass is 743 g/mol. The Morgan fingerprint density at radius 3 is 2.35 bits per heavy atom. The van der Waals surface area contributed by atoms with Crippen molar-refractivity contribution in [3.8, 4) is 22.6 Å². The highest BCUT2D eigenvalue weighted by molar-refractivity contribution is 6.89. The van der Waals surface area contributed by atoms with E-state index in [4.69, 9.17) is 11.0 Å². The molecule has 2 atom stereocenters. The molecule has 5 heterocycles. The van der Waals surface area contributed by atoms with Gasteiger partial charge in [-0.15, -0.1) is 0 Å². The fraction of sp³-hybridized carbons (Fsp3) is 0.360. The van der Waals surface area contributed by atoms with Crippen molar-refractivity contribution >= 4 is 51.9 Å². The minimum Gasteiger partial charge on any atom is -0.455 e.